The molecule has 8 nitrogen and oxygen atoms in total. The molecule has 0 saturated heterocycles. The van der Waals surface area contributed by atoms with Crippen LogP contribution in [0.1, 0.15) is 30.5 Å². The van der Waals surface area contributed by atoms with Gasteiger partial charge in [-0.25, -0.2) is 9.59 Å². The van der Waals surface area contributed by atoms with Gasteiger partial charge < -0.3 is 14.8 Å². The summed E-state index contributed by atoms with van der Waals surface area (Å²) in [4.78, 5) is 37.3. The summed E-state index contributed by atoms with van der Waals surface area (Å²) in [5.74, 6) is 4.01. The van der Waals surface area contributed by atoms with E-state index in [1.54, 1.807) is 13.8 Å². The van der Waals surface area contributed by atoms with Gasteiger partial charge in [-0.05, 0) is 49.2 Å². The third kappa shape index (κ3) is 6.40. The Morgan fingerprint density at radius 2 is 1.51 bits per heavy atom. The number of dihydropyridines is 1. The lowest BCUT2D eigenvalue weighted by atomic mass is 9.84. The highest BCUT2D eigenvalue weighted by Gasteiger charge is 2.37. The molecule has 196 valence electrons. The first-order valence-electron chi connectivity index (χ1n) is 12.3. The number of hydrogen-bond acceptors (Lipinski definition) is 7. The molecule has 3 aromatic carbocycles. The van der Waals surface area contributed by atoms with Crippen molar-refractivity contribution in [1.29, 1.82) is 0 Å². The van der Waals surface area contributed by atoms with Crippen LogP contribution in [-0.4, -0.2) is 23.5 Å². The first-order valence-corrected chi connectivity index (χ1v) is 12.3. The fourth-order valence-corrected chi connectivity index (χ4v) is 4.12. The number of esters is 2. The molecule has 0 fully saturated rings. The van der Waals surface area contributed by atoms with Crippen molar-refractivity contribution in [3.8, 4) is 11.8 Å². The summed E-state index contributed by atoms with van der Waals surface area (Å²) in [7, 11) is 0. The normalized spacial score (nSPS) is 14.6. The number of carbonyl (C=O) groups excluding carboxylic acids is 2. The molecule has 3 aromatic rings. The number of rotatable bonds is 7. The molecule has 0 radical (unpaired) electrons. The fraction of sp³-hybridized carbons (Fsp3) is 0.161. The molecule has 1 aliphatic heterocycles. The van der Waals surface area contributed by atoms with E-state index in [2.05, 4.69) is 17.2 Å². The minimum atomic E-state index is -0.940. The average molecular weight is 523 g/mol. The Kier molecular flexibility index (Phi) is 8.54. The van der Waals surface area contributed by atoms with Gasteiger partial charge in [0.05, 0.1) is 34.3 Å². The first kappa shape index (κ1) is 26.9. The number of benzene rings is 3. The van der Waals surface area contributed by atoms with E-state index in [-0.39, 0.29) is 30.0 Å². The van der Waals surface area contributed by atoms with Gasteiger partial charge in [-0.1, -0.05) is 60.4 Å². The molecule has 1 heterocycles. The maximum atomic E-state index is 13.7. The Morgan fingerprint density at radius 1 is 0.897 bits per heavy atom. The highest BCUT2D eigenvalue weighted by molar-refractivity contribution is 6.04. The quantitative estimate of drug-likeness (QED) is 0.198. The van der Waals surface area contributed by atoms with Crippen LogP contribution in [0.2, 0.25) is 0 Å². The van der Waals surface area contributed by atoms with Crippen molar-refractivity contribution < 1.29 is 24.0 Å². The zero-order valence-corrected chi connectivity index (χ0v) is 21.5. The third-order valence-electron chi connectivity index (χ3n) is 5.99. The van der Waals surface area contributed by atoms with Gasteiger partial charge in [0.2, 0.25) is 0 Å². The Labute approximate surface area is 226 Å². The molecular weight excluding hydrogens is 496 g/mol. The van der Waals surface area contributed by atoms with Crippen LogP contribution in [0.3, 0.4) is 0 Å². The minimum Gasteiger partial charge on any atom is -0.463 e. The standard InChI is InChI=1S/C31H26N2O6/c1-3-38-30(34)27-21(2)32-29(24-12-8-5-9-13-24)28(26(27)19-16-22-10-6-4-7-11-22)31(35)39-20-23-14-17-25(18-15-23)33(36)37/h4-15,17-18,26,32H,3,20H2,1-2H3/t26-/m0/s1. The van der Waals surface area contributed by atoms with Crippen molar-refractivity contribution in [3.05, 3.63) is 129 Å². The molecule has 39 heavy (non-hydrogen) atoms. The molecule has 4 rings (SSSR count). The number of nitro groups is 1. The molecule has 0 aliphatic carbocycles. The summed E-state index contributed by atoms with van der Waals surface area (Å²) >= 11 is 0. The van der Waals surface area contributed by atoms with E-state index in [4.69, 9.17) is 9.47 Å². The van der Waals surface area contributed by atoms with Crippen molar-refractivity contribution in [2.45, 2.75) is 20.5 Å². The second kappa shape index (κ2) is 12.4. The van der Waals surface area contributed by atoms with Gasteiger partial charge >= 0.3 is 11.9 Å². The molecule has 1 aliphatic rings. The largest absolute Gasteiger partial charge is 0.463 e. The summed E-state index contributed by atoms with van der Waals surface area (Å²) in [6.07, 6.45) is 0. The number of nitrogens with one attached hydrogen (secondary N) is 1. The van der Waals surface area contributed by atoms with Crippen LogP contribution in [0.5, 0.6) is 0 Å². The smallest absolute Gasteiger partial charge is 0.338 e. The maximum Gasteiger partial charge on any atom is 0.338 e. The van der Waals surface area contributed by atoms with Gasteiger partial charge in [-0.3, -0.25) is 10.1 Å². The number of non-ortho nitro benzene ring substituents is 1. The SMILES string of the molecule is CCOC(=O)C1=C(C)NC(c2ccccc2)=C(C(=O)OCc2ccc([N+](=O)[O-])cc2)[C@H]1C#Cc1ccccc1. The molecular formula is C31H26N2O6. The van der Waals surface area contributed by atoms with E-state index in [9.17, 15) is 19.7 Å². The summed E-state index contributed by atoms with van der Waals surface area (Å²) in [5.41, 5.74) is 3.33. The van der Waals surface area contributed by atoms with Crippen molar-refractivity contribution >= 4 is 23.3 Å². The third-order valence-corrected chi connectivity index (χ3v) is 5.99. The van der Waals surface area contributed by atoms with Crippen LogP contribution in [0.25, 0.3) is 5.70 Å². The second-order valence-corrected chi connectivity index (χ2v) is 8.61. The molecule has 0 spiro atoms. The van der Waals surface area contributed by atoms with Gasteiger partial charge in [0.1, 0.15) is 6.61 Å². The maximum absolute atomic E-state index is 13.7. The number of ether oxygens (including phenoxy) is 2. The van der Waals surface area contributed by atoms with Gasteiger partial charge in [-0.15, -0.1) is 0 Å². The lowest BCUT2D eigenvalue weighted by molar-refractivity contribution is -0.384. The van der Waals surface area contributed by atoms with E-state index in [1.165, 1.54) is 24.3 Å². The van der Waals surface area contributed by atoms with Crippen LogP contribution < -0.4 is 5.32 Å². The minimum absolute atomic E-state index is 0.0634. The summed E-state index contributed by atoms with van der Waals surface area (Å²) < 4.78 is 11.0. The molecule has 1 atom stereocenters. The molecule has 0 bridgehead atoms. The molecule has 0 aromatic heterocycles. The zero-order valence-electron chi connectivity index (χ0n) is 21.5. The highest BCUT2D eigenvalue weighted by atomic mass is 16.6. The van der Waals surface area contributed by atoms with Gasteiger partial charge in [0, 0.05) is 23.4 Å². The molecule has 1 N–H and O–H groups in total. The molecule has 8 heteroatoms. The van der Waals surface area contributed by atoms with Crippen LogP contribution in [0.15, 0.2) is 102 Å². The topological polar surface area (TPSA) is 108 Å². The van der Waals surface area contributed by atoms with E-state index in [0.29, 0.717) is 22.5 Å². The highest BCUT2D eigenvalue weighted by Crippen LogP contribution is 2.35. The Hall–Kier alpha value is -5.16. The molecule has 0 amide bonds. The summed E-state index contributed by atoms with van der Waals surface area (Å²) in [5, 5.41) is 14.2. The van der Waals surface area contributed by atoms with E-state index < -0.39 is 22.8 Å². The van der Waals surface area contributed by atoms with Crippen LogP contribution >= 0.6 is 0 Å². The van der Waals surface area contributed by atoms with Crippen LogP contribution in [0.4, 0.5) is 5.69 Å². The summed E-state index contributed by atoms with van der Waals surface area (Å²) in [6.45, 7) is 3.48. The Morgan fingerprint density at radius 3 is 2.13 bits per heavy atom. The predicted octanol–water partition coefficient (Wildman–Crippen LogP) is 5.16. The van der Waals surface area contributed by atoms with Crippen molar-refractivity contribution in [3.63, 3.8) is 0 Å². The number of carbonyl (C=O) groups is 2. The Bertz CT molecular complexity index is 1500. The van der Waals surface area contributed by atoms with E-state index in [0.717, 1.165) is 5.56 Å². The molecule has 0 saturated carbocycles. The van der Waals surface area contributed by atoms with Gasteiger partial charge in [0.15, 0.2) is 0 Å². The van der Waals surface area contributed by atoms with E-state index >= 15 is 0 Å². The van der Waals surface area contributed by atoms with Gasteiger partial charge in [0.25, 0.3) is 5.69 Å². The number of nitrogens with zero attached hydrogens (tertiary/aromatic N) is 1. The Balaban J connectivity index is 1.78. The lowest BCUT2D eigenvalue weighted by Gasteiger charge is -2.29. The van der Waals surface area contributed by atoms with Crippen LogP contribution in [0, 0.1) is 27.9 Å². The second-order valence-electron chi connectivity index (χ2n) is 8.61. The lowest BCUT2D eigenvalue weighted by Crippen LogP contribution is -2.33. The summed E-state index contributed by atoms with van der Waals surface area (Å²) in [6, 6.07) is 24.2. The van der Waals surface area contributed by atoms with Gasteiger partial charge in [-0.2, -0.15) is 0 Å². The van der Waals surface area contributed by atoms with Crippen molar-refractivity contribution in [2.24, 2.45) is 5.92 Å². The number of nitro benzene ring substituents is 1. The monoisotopic (exact) mass is 522 g/mol. The van der Waals surface area contributed by atoms with Crippen molar-refractivity contribution in [1.82, 2.24) is 5.32 Å². The van der Waals surface area contributed by atoms with Crippen molar-refractivity contribution in [2.75, 3.05) is 6.61 Å². The van der Waals surface area contributed by atoms with E-state index in [1.807, 2.05) is 60.7 Å². The molecule has 0 unspecified atom stereocenters. The first-order chi connectivity index (χ1) is 18.9. The number of hydrogen-bond donors (Lipinski definition) is 1. The predicted molar refractivity (Wildman–Crippen MR) is 146 cm³/mol. The van der Waals surface area contributed by atoms with Crippen LogP contribution in [-0.2, 0) is 25.7 Å². The zero-order chi connectivity index (χ0) is 27.8. The average Bonchev–Trinajstić information content (AvgIpc) is 2.95. The number of allylic oxidation sites excluding steroid dienone is 1. The fourth-order valence-electron chi connectivity index (χ4n) is 4.12.